The molecule has 1 aromatic carbocycles. The second kappa shape index (κ2) is 3.81. The van der Waals surface area contributed by atoms with Crippen LogP contribution < -0.4 is 9.47 Å². The number of halogens is 1. The Labute approximate surface area is 80.6 Å². The number of aryl methyl sites for hydroxylation is 1. The molecule has 0 N–H and O–H groups in total. The van der Waals surface area contributed by atoms with Crippen LogP contribution in [-0.4, -0.2) is 14.2 Å². The third kappa shape index (κ3) is 1.72. The lowest BCUT2D eigenvalue weighted by Gasteiger charge is -2.08. The van der Waals surface area contributed by atoms with Gasteiger partial charge in [0.2, 0.25) is 0 Å². The highest BCUT2D eigenvalue weighted by atomic mass is 79.9. The van der Waals surface area contributed by atoms with Crippen LogP contribution in [0.3, 0.4) is 0 Å². The first-order chi connectivity index (χ1) is 5.69. The van der Waals surface area contributed by atoms with Crippen molar-refractivity contribution >= 4 is 15.9 Å². The van der Waals surface area contributed by atoms with Crippen molar-refractivity contribution in [2.45, 2.75) is 6.92 Å². The molecule has 0 aliphatic carbocycles. The first-order valence-electron chi connectivity index (χ1n) is 3.57. The van der Waals surface area contributed by atoms with Gasteiger partial charge in [0, 0.05) is 6.07 Å². The summed E-state index contributed by atoms with van der Waals surface area (Å²) in [6, 6.07) is 3.83. The fourth-order valence-electron chi connectivity index (χ4n) is 1.01. The van der Waals surface area contributed by atoms with E-state index in [0.717, 1.165) is 21.5 Å². The van der Waals surface area contributed by atoms with Crippen molar-refractivity contribution in [2.75, 3.05) is 14.2 Å². The van der Waals surface area contributed by atoms with Crippen molar-refractivity contribution in [3.63, 3.8) is 0 Å². The molecule has 1 rings (SSSR count). The van der Waals surface area contributed by atoms with Crippen LogP contribution in [0.2, 0.25) is 0 Å². The number of methoxy groups -OCH3 is 2. The second-order valence-electron chi connectivity index (χ2n) is 2.46. The molecular formula is C9H11BrO2. The van der Waals surface area contributed by atoms with E-state index in [0.29, 0.717) is 0 Å². The second-order valence-corrected chi connectivity index (χ2v) is 3.31. The predicted octanol–water partition coefficient (Wildman–Crippen LogP) is 2.77. The van der Waals surface area contributed by atoms with Gasteiger partial charge in [-0.05, 0) is 34.5 Å². The summed E-state index contributed by atoms with van der Waals surface area (Å²) in [5, 5.41) is 0. The van der Waals surface area contributed by atoms with Crippen LogP contribution in [0.1, 0.15) is 5.56 Å². The van der Waals surface area contributed by atoms with Gasteiger partial charge in [-0.15, -0.1) is 0 Å². The van der Waals surface area contributed by atoms with Crippen LogP contribution in [0.15, 0.2) is 16.6 Å². The van der Waals surface area contributed by atoms with Gasteiger partial charge in [0.25, 0.3) is 0 Å². The molecule has 0 fully saturated rings. The normalized spacial score (nSPS) is 9.67. The predicted molar refractivity (Wildman–Crippen MR) is 52.0 cm³/mol. The SMILES string of the molecule is COc1cc(OC)c(Br)cc1C. The number of hydrogen-bond acceptors (Lipinski definition) is 2. The summed E-state index contributed by atoms with van der Waals surface area (Å²) in [5.74, 6) is 1.63. The van der Waals surface area contributed by atoms with Gasteiger partial charge < -0.3 is 9.47 Å². The van der Waals surface area contributed by atoms with Gasteiger partial charge in [0.05, 0.1) is 18.7 Å². The summed E-state index contributed by atoms with van der Waals surface area (Å²) < 4.78 is 11.2. The maximum atomic E-state index is 5.14. The molecule has 0 bridgehead atoms. The van der Waals surface area contributed by atoms with E-state index < -0.39 is 0 Å². The monoisotopic (exact) mass is 230 g/mol. The van der Waals surface area contributed by atoms with E-state index in [1.807, 2.05) is 19.1 Å². The maximum absolute atomic E-state index is 5.14. The number of ether oxygens (including phenoxy) is 2. The fraction of sp³-hybridized carbons (Fsp3) is 0.333. The van der Waals surface area contributed by atoms with Crippen molar-refractivity contribution in [2.24, 2.45) is 0 Å². The number of benzene rings is 1. The van der Waals surface area contributed by atoms with Gasteiger partial charge in [-0.25, -0.2) is 0 Å². The van der Waals surface area contributed by atoms with Crippen molar-refractivity contribution in [3.05, 3.63) is 22.2 Å². The minimum Gasteiger partial charge on any atom is -0.496 e. The molecule has 2 nitrogen and oxygen atoms in total. The Morgan fingerprint density at radius 1 is 1.08 bits per heavy atom. The zero-order chi connectivity index (χ0) is 9.14. The molecule has 1 aromatic rings. The van der Waals surface area contributed by atoms with Crippen molar-refractivity contribution in [1.29, 1.82) is 0 Å². The van der Waals surface area contributed by atoms with Crippen LogP contribution in [0.5, 0.6) is 11.5 Å². The lowest BCUT2D eigenvalue weighted by atomic mass is 10.2. The summed E-state index contributed by atoms with van der Waals surface area (Å²) in [6.07, 6.45) is 0. The van der Waals surface area contributed by atoms with Crippen molar-refractivity contribution < 1.29 is 9.47 Å². The summed E-state index contributed by atoms with van der Waals surface area (Å²) in [4.78, 5) is 0. The third-order valence-corrected chi connectivity index (χ3v) is 2.29. The van der Waals surface area contributed by atoms with Crippen LogP contribution >= 0.6 is 15.9 Å². The smallest absolute Gasteiger partial charge is 0.136 e. The summed E-state index contributed by atoms with van der Waals surface area (Å²) in [6.45, 7) is 1.99. The highest BCUT2D eigenvalue weighted by Gasteiger charge is 2.04. The molecule has 0 saturated heterocycles. The van der Waals surface area contributed by atoms with Crippen molar-refractivity contribution in [3.8, 4) is 11.5 Å². The van der Waals surface area contributed by atoms with E-state index in [1.165, 1.54) is 0 Å². The highest BCUT2D eigenvalue weighted by molar-refractivity contribution is 9.10. The third-order valence-electron chi connectivity index (χ3n) is 1.67. The largest absolute Gasteiger partial charge is 0.496 e. The lowest BCUT2D eigenvalue weighted by molar-refractivity contribution is 0.390. The molecule has 0 unspecified atom stereocenters. The van der Waals surface area contributed by atoms with Gasteiger partial charge in [0.1, 0.15) is 11.5 Å². The molecular weight excluding hydrogens is 220 g/mol. The van der Waals surface area contributed by atoms with E-state index in [4.69, 9.17) is 9.47 Å². The quantitative estimate of drug-likeness (QED) is 0.779. The Kier molecular flexibility index (Phi) is 2.98. The highest BCUT2D eigenvalue weighted by Crippen LogP contribution is 2.31. The van der Waals surface area contributed by atoms with E-state index >= 15 is 0 Å². The molecule has 0 spiro atoms. The minimum absolute atomic E-state index is 0.789. The molecule has 3 heteroatoms. The number of rotatable bonds is 2. The van der Waals surface area contributed by atoms with E-state index in [9.17, 15) is 0 Å². The molecule has 0 aromatic heterocycles. The van der Waals surface area contributed by atoms with Gasteiger partial charge in [-0.1, -0.05) is 0 Å². The standard InChI is InChI=1S/C9H11BrO2/c1-6-4-7(10)9(12-3)5-8(6)11-2/h4-5H,1-3H3. The molecule has 0 saturated carbocycles. The Hall–Kier alpha value is -0.700. The van der Waals surface area contributed by atoms with Crippen LogP contribution in [0, 0.1) is 6.92 Å². The van der Waals surface area contributed by atoms with E-state index in [2.05, 4.69) is 15.9 Å². The van der Waals surface area contributed by atoms with Crippen LogP contribution in [0.25, 0.3) is 0 Å². The topological polar surface area (TPSA) is 18.5 Å². The van der Waals surface area contributed by atoms with E-state index in [-0.39, 0.29) is 0 Å². The summed E-state index contributed by atoms with van der Waals surface area (Å²) in [5.41, 5.74) is 1.09. The molecule has 66 valence electrons. The Morgan fingerprint density at radius 2 is 1.67 bits per heavy atom. The average molecular weight is 231 g/mol. The first kappa shape index (κ1) is 9.39. The summed E-state index contributed by atoms with van der Waals surface area (Å²) in [7, 11) is 3.28. The molecule has 0 aliphatic rings. The van der Waals surface area contributed by atoms with Gasteiger partial charge in [0.15, 0.2) is 0 Å². The minimum atomic E-state index is 0.789. The van der Waals surface area contributed by atoms with E-state index in [1.54, 1.807) is 14.2 Å². The zero-order valence-electron chi connectivity index (χ0n) is 7.35. The lowest BCUT2D eigenvalue weighted by Crippen LogP contribution is -1.90. The number of hydrogen-bond donors (Lipinski definition) is 0. The molecule has 0 atom stereocenters. The zero-order valence-corrected chi connectivity index (χ0v) is 8.94. The Balaban J connectivity index is 3.18. The van der Waals surface area contributed by atoms with Gasteiger partial charge >= 0.3 is 0 Å². The molecule has 0 heterocycles. The molecule has 0 radical (unpaired) electrons. The maximum Gasteiger partial charge on any atom is 0.136 e. The van der Waals surface area contributed by atoms with Crippen LogP contribution in [-0.2, 0) is 0 Å². The molecule has 0 amide bonds. The van der Waals surface area contributed by atoms with Gasteiger partial charge in [-0.2, -0.15) is 0 Å². The Bertz CT molecular complexity index is 259. The van der Waals surface area contributed by atoms with Crippen molar-refractivity contribution in [1.82, 2.24) is 0 Å². The fourth-order valence-corrected chi connectivity index (χ4v) is 1.63. The van der Waals surface area contributed by atoms with Crippen LogP contribution in [0.4, 0.5) is 0 Å². The Morgan fingerprint density at radius 3 is 2.17 bits per heavy atom. The summed E-state index contributed by atoms with van der Waals surface area (Å²) >= 11 is 3.39. The molecule has 12 heavy (non-hydrogen) atoms. The first-order valence-corrected chi connectivity index (χ1v) is 4.36. The average Bonchev–Trinajstić information content (AvgIpc) is 2.05. The van der Waals surface area contributed by atoms with Gasteiger partial charge in [-0.3, -0.25) is 0 Å². The molecule has 0 aliphatic heterocycles.